The molecule has 152 valence electrons. The topological polar surface area (TPSA) is 75.0 Å². The highest BCUT2D eigenvalue weighted by Crippen LogP contribution is 1.98. The van der Waals surface area contributed by atoms with Crippen LogP contribution in [0.1, 0.15) is 52.9 Å². The van der Waals surface area contributed by atoms with E-state index < -0.39 is 0 Å². The third-order valence-corrected chi connectivity index (χ3v) is 3.43. The van der Waals surface area contributed by atoms with Crippen molar-refractivity contribution in [2.24, 2.45) is 5.73 Å². The zero-order valence-corrected chi connectivity index (χ0v) is 16.8. The number of rotatable bonds is 19. The number of nitrogens with two attached hydrogens (primary N) is 1. The summed E-state index contributed by atoms with van der Waals surface area (Å²) in [5, 5.41) is 3.44. The number of unbranched alkanes of at least 4 members (excludes halogenated alkanes) is 2. The summed E-state index contributed by atoms with van der Waals surface area (Å²) in [4.78, 5) is 0. The van der Waals surface area contributed by atoms with Gasteiger partial charge in [-0.15, -0.1) is 0 Å². The summed E-state index contributed by atoms with van der Waals surface area (Å²) in [5.74, 6) is 0. The molecule has 6 nitrogen and oxygen atoms in total. The molecule has 0 spiro atoms. The Balaban J connectivity index is 3.01. The van der Waals surface area contributed by atoms with E-state index in [0.717, 1.165) is 65.1 Å². The van der Waals surface area contributed by atoms with Crippen LogP contribution >= 0.6 is 0 Å². The molecule has 0 fully saturated rings. The largest absolute Gasteiger partial charge is 0.379 e. The molecular weight excluding hydrogens is 320 g/mol. The van der Waals surface area contributed by atoms with Crippen LogP contribution in [-0.4, -0.2) is 71.5 Å². The molecule has 3 N–H and O–H groups in total. The van der Waals surface area contributed by atoms with Crippen LogP contribution in [0.5, 0.6) is 0 Å². The summed E-state index contributed by atoms with van der Waals surface area (Å²) in [5.41, 5.74) is 5.57. The lowest BCUT2D eigenvalue weighted by Gasteiger charge is -2.20. The van der Waals surface area contributed by atoms with Crippen LogP contribution < -0.4 is 11.1 Å². The van der Waals surface area contributed by atoms with E-state index in [2.05, 4.69) is 26.1 Å². The molecule has 0 radical (unpaired) electrons. The Labute approximate surface area is 155 Å². The lowest BCUT2D eigenvalue weighted by atomic mass is 10.1. The molecule has 0 heterocycles. The molecular formula is C19H42N2O4. The number of hydrogen-bond donors (Lipinski definition) is 2. The van der Waals surface area contributed by atoms with Crippen molar-refractivity contribution in [1.82, 2.24) is 5.32 Å². The van der Waals surface area contributed by atoms with Crippen LogP contribution in [0.4, 0.5) is 0 Å². The molecule has 0 aromatic heterocycles. The molecule has 0 saturated heterocycles. The maximum atomic E-state index is 5.57. The fraction of sp³-hybridized carbons (Fsp3) is 1.00. The first-order chi connectivity index (χ1) is 12.1. The van der Waals surface area contributed by atoms with Gasteiger partial charge in [0.05, 0.1) is 26.4 Å². The molecule has 0 aliphatic heterocycles. The highest BCUT2D eigenvalue weighted by Gasteiger charge is 2.06. The van der Waals surface area contributed by atoms with Gasteiger partial charge in [-0.1, -0.05) is 0 Å². The molecule has 0 aromatic carbocycles. The van der Waals surface area contributed by atoms with E-state index in [1.54, 1.807) is 0 Å². The monoisotopic (exact) mass is 362 g/mol. The van der Waals surface area contributed by atoms with Gasteiger partial charge in [-0.3, -0.25) is 0 Å². The van der Waals surface area contributed by atoms with Gasteiger partial charge in [0.2, 0.25) is 0 Å². The summed E-state index contributed by atoms with van der Waals surface area (Å²) in [6.45, 7) is 14.0. The minimum atomic E-state index is 0.187. The van der Waals surface area contributed by atoms with E-state index in [4.69, 9.17) is 24.7 Å². The van der Waals surface area contributed by atoms with Gasteiger partial charge in [0, 0.05) is 32.0 Å². The number of nitrogens with one attached hydrogen (secondary N) is 1. The Kier molecular flexibility index (Phi) is 18.4. The third kappa shape index (κ3) is 23.8. The maximum absolute atomic E-state index is 5.57. The normalized spacial score (nSPS) is 12.0. The average molecular weight is 363 g/mol. The highest BCUT2D eigenvalue weighted by atomic mass is 16.5. The molecule has 6 heteroatoms. The minimum absolute atomic E-state index is 0.187. The minimum Gasteiger partial charge on any atom is -0.379 e. The predicted molar refractivity (Wildman–Crippen MR) is 103 cm³/mol. The second kappa shape index (κ2) is 18.5. The first-order valence-corrected chi connectivity index (χ1v) is 9.82. The van der Waals surface area contributed by atoms with Crippen LogP contribution in [0, 0.1) is 0 Å². The van der Waals surface area contributed by atoms with Crippen molar-refractivity contribution in [3.63, 3.8) is 0 Å². The smallest absolute Gasteiger partial charge is 0.0700 e. The lowest BCUT2D eigenvalue weighted by molar-refractivity contribution is 0.0391. The van der Waals surface area contributed by atoms with Gasteiger partial charge in [0.1, 0.15) is 0 Å². The average Bonchev–Trinajstić information content (AvgIpc) is 2.56. The van der Waals surface area contributed by atoms with Crippen molar-refractivity contribution in [1.29, 1.82) is 0 Å². The van der Waals surface area contributed by atoms with Crippen molar-refractivity contribution in [2.75, 3.05) is 65.9 Å². The van der Waals surface area contributed by atoms with Gasteiger partial charge in [0.25, 0.3) is 0 Å². The van der Waals surface area contributed by atoms with Crippen molar-refractivity contribution in [3.05, 3.63) is 0 Å². The van der Waals surface area contributed by atoms with Crippen LogP contribution in [0.2, 0.25) is 0 Å². The molecule has 0 aromatic rings. The standard InChI is InChI=1S/C19H42N2O4/c1-19(2,3)21-10-8-14-25-18-16-23-12-6-4-5-11-22-15-17-24-13-7-9-20/h21H,4-18,20H2,1-3H3. The number of ether oxygens (including phenoxy) is 4. The molecule has 0 unspecified atom stereocenters. The summed E-state index contributed by atoms with van der Waals surface area (Å²) in [6, 6.07) is 0. The second-order valence-electron chi connectivity index (χ2n) is 7.18. The van der Waals surface area contributed by atoms with E-state index in [9.17, 15) is 0 Å². The fourth-order valence-electron chi connectivity index (χ4n) is 2.05. The molecule has 0 saturated carbocycles. The van der Waals surface area contributed by atoms with Crippen molar-refractivity contribution in [3.8, 4) is 0 Å². The van der Waals surface area contributed by atoms with E-state index in [-0.39, 0.29) is 5.54 Å². The Morgan fingerprint density at radius 1 is 0.600 bits per heavy atom. The van der Waals surface area contributed by atoms with Gasteiger partial charge < -0.3 is 30.0 Å². The van der Waals surface area contributed by atoms with Crippen molar-refractivity contribution < 1.29 is 18.9 Å². The SMILES string of the molecule is CC(C)(C)NCCCOCCOCCCCCOCCOCCCN. The molecule has 0 atom stereocenters. The Morgan fingerprint density at radius 3 is 1.48 bits per heavy atom. The van der Waals surface area contributed by atoms with E-state index in [0.29, 0.717) is 33.0 Å². The van der Waals surface area contributed by atoms with Gasteiger partial charge in [0.15, 0.2) is 0 Å². The zero-order chi connectivity index (χ0) is 18.6. The highest BCUT2D eigenvalue weighted by molar-refractivity contribution is 4.69. The third-order valence-electron chi connectivity index (χ3n) is 3.43. The van der Waals surface area contributed by atoms with E-state index in [1.807, 2.05) is 0 Å². The van der Waals surface area contributed by atoms with E-state index in [1.165, 1.54) is 0 Å². The summed E-state index contributed by atoms with van der Waals surface area (Å²) in [7, 11) is 0. The zero-order valence-electron chi connectivity index (χ0n) is 16.8. The first kappa shape index (κ1) is 24.8. The fourth-order valence-corrected chi connectivity index (χ4v) is 2.05. The van der Waals surface area contributed by atoms with Crippen LogP contribution in [0.25, 0.3) is 0 Å². The van der Waals surface area contributed by atoms with Crippen LogP contribution in [0.15, 0.2) is 0 Å². The van der Waals surface area contributed by atoms with Gasteiger partial charge in [-0.05, 0) is 66.0 Å². The Morgan fingerprint density at radius 2 is 1.04 bits per heavy atom. The van der Waals surface area contributed by atoms with Crippen molar-refractivity contribution >= 4 is 0 Å². The molecule has 0 rings (SSSR count). The Bertz CT molecular complexity index is 260. The quantitative estimate of drug-likeness (QED) is 0.344. The molecule has 0 aliphatic carbocycles. The number of hydrogen-bond acceptors (Lipinski definition) is 6. The molecule has 0 aliphatic rings. The molecule has 0 amide bonds. The second-order valence-corrected chi connectivity index (χ2v) is 7.18. The lowest BCUT2D eigenvalue weighted by Crippen LogP contribution is -2.36. The Hall–Kier alpha value is -0.240. The summed E-state index contributed by atoms with van der Waals surface area (Å²) >= 11 is 0. The summed E-state index contributed by atoms with van der Waals surface area (Å²) < 4.78 is 22.0. The molecule has 0 bridgehead atoms. The van der Waals surface area contributed by atoms with Gasteiger partial charge in [-0.2, -0.15) is 0 Å². The van der Waals surface area contributed by atoms with Crippen molar-refractivity contribution in [2.45, 2.75) is 58.4 Å². The van der Waals surface area contributed by atoms with Gasteiger partial charge in [-0.25, -0.2) is 0 Å². The first-order valence-electron chi connectivity index (χ1n) is 9.82. The molecule has 25 heavy (non-hydrogen) atoms. The van der Waals surface area contributed by atoms with Gasteiger partial charge >= 0.3 is 0 Å². The van der Waals surface area contributed by atoms with E-state index >= 15 is 0 Å². The van der Waals surface area contributed by atoms with Crippen LogP contribution in [0.3, 0.4) is 0 Å². The maximum Gasteiger partial charge on any atom is 0.0700 e. The summed E-state index contributed by atoms with van der Waals surface area (Å²) in [6.07, 6.45) is 5.23. The predicted octanol–water partition coefficient (Wildman–Crippen LogP) is 2.35. The van der Waals surface area contributed by atoms with Crippen LogP contribution in [-0.2, 0) is 18.9 Å².